The summed E-state index contributed by atoms with van der Waals surface area (Å²) in [6.45, 7) is 0.314. The van der Waals surface area contributed by atoms with Gasteiger partial charge in [-0.1, -0.05) is 16.4 Å². The predicted octanol–water partition coefficient (Wildman–Crippen LogP) is 1.19. The molecule has 0 fully saturated rings. The standard InChI is InChI=1S/C10H11N3O3S2/c1-18(14,15)8-4-2-7(3-5-8)16-10-13-12-9(6-11)17-10/h2-5H,6,11H2,1H3. The third-order valence-electron chi connectivity index (χ3n) is 2.08. The molecule has 6 nitrogen and oxygen atoms in total. The lowest BCUT2D eigenvalue weighted by Crippen LogP contribution is -1.96. The first-order valence-electron chi connectivity index (χ1n) is 4.99. The number of nitrogens with two attached hydrogens (primary N) is 1. The van der Waals surface area contributed by atoms with E-state index in [-0.39, 0.29) is 4.90 Å². The van der Waals surface area contributed by atoms with Crippen LogP contribution in [-0.2, 0) is 16.4 Å². The highest BCUT2D eigenvalue weighted by molar-refractivity contribution is 7.90. The Morgan fingerprint density at radius 1 is 1.28 bits per heavy atom. The van der Waals surface area contributed by atoms with Crippen LogP contribution >= 0.6 is 11.3 Å². The molecule has 0 aliphatic heterocycles. The Hall–Kier alpha value is -1.51. The smallest absolute Gasteiger partial charge is 0.299 e. The summed E-state index contributed by atoms with van der Waals surface area (Å²) in [5.74, 6) is 0.502. The van der Waals surface area contributed by atoms with Gasteiger partial charge >= 0.3 is 0 Å². The zero-order chi connectivity index (χ0) is 13.2. The Bertz CT molecular complexity index is 635. The molecule has 0 amide bonds. The molecule has 1 aromatic heterocycles. The minimum Gasteiger partial charge on any atom is -0.430 e. The molecule has 1 aromatic carbocycles. The lowest BCUT2D eigenvalue weighted by atomic mass is 10.3. The van der Waals surface area contributed by atoms with Crippen LogP contribution in [0.3, 0.4) is 0 Å². The van der Waals surface area contributed by atoms with Gasteiger partial charge in [-0.2, -0.15) is 0 Å². The van der Waals surface area contributed by atoms with Gasteiger partial charge in [0, 0.05) is 12.8 Å². The van der Waals surface area contributed by atoms with Crippen molar-refractivity contribution in [2.45, 2.75) is 11.4 Å². The average molecular weight is 285 g/mol. The van der Waals surface area contributed by atoms with E-state index in [9.17, 15) is 8.42 Å². The fraction of sp³-hybridized carbons (Fsp3) is 0.200. The Morgan fingerprint density at radius 2 is 1.94 bits per heavy atom. The van der Waals surface area contributed by atoms with Gasteiger partial charge in [0.1, 0.15) is 10.8 Å². The Morgan fingerprint density at radius 3 is 2.44 bits per heavy atom. The molecule has 0 aliphatic carbocycles. The number of ether oxygens (including phenoxy) is 1. The van der Waals surface area contributed by atoms with E-state index >= 15 is 0 Å². The van der Waals surface area contributed by atoms with Gasteiger partial charge < -0.3 is 10.5 Å². The van der Waals surface area contributed by atoms with Crippen molar-refractivity contribution in [2.75, 3.05) is 6.26 Å². The molecule has 0 spiro atoms. The Labute approximate surface area is 108 Å². The number of sulfone groups is 1. The van der Waals surface area contributed by atoms with Crippen LogP contribution < -0.4 is 10.5 Å². The van der Waals surface area contributed by atoms with E-state index in [1.54, 1.807) is 12.1 Å². The van der Waals surface area contributed by atoms with Crippen molar-refractivity contribution in [1.82, 2.24) is 10.2 Å². The summed E-state index contributed by atoms with van der Waals surface area (Å²) in [5.41, 5.74) is 5.41. The van der Waals surface area contributed by atoms with E-state index in [4.69, 9.17) is 10.5 Å². The average Bonchev–Trinajstić information content (AvgIpc) is 2.76. The molecular weight excluding hydrogens is 274 g/mol. The van der Waals surface area contributed by atoms with Gasteiger partial charge in [-0.05, 0) is 24.3 Å². The zero-order valence-corrected chi connectivity index (χ0v) is 11.2. The van der Waals surface area contributed by atoms with Crippen molar-refractivity contribution in [1.29, 1.82) is 0 Å². The van der Waals surface area contributed by atoms with Crippen LogP contribution in [0.25, 0.3) is 0 Å². The van der Waals surface area contributed by atoms with E-state index in [1.807, 2.05) is 0 Å². The summed E-state index contributed by atoms with van der Waals surface area (Å²) in [4.78, 5) is 0.245. The number of rotatable bonds is 4. The molecule has 0 unspecified atom stereocenters. The molecule has 96 valence electrons. The second-order valence-corrected chi connectivity index (χ2v) is 6.55. The maximum atomic E-state index is 11.3. The van der Waals surface area contributed by atoms with E-state index in [1.165, 1.54) is 23.5 Å². The van der Waals surface area contributed by atoms with Crippen molar-refractivity contribution in [2.24, 2.45) is 5.73 Å². The van der Waals surface area contributed by atoms with Gasteiger partial charge in [-0.15, -0.1) is 5.10 Å². The van der Waals surface area contributed by atoms with Crippen molar-refractivity contribution in [3.05, 3.63) is 29.3 Å². The zero-order valence-electron chi connectivity index (χ0n) is 9.53. The molecule has 0 bridgehead atoms. The molecule has 0 saturated heterocycles. The monoisotopic (exact) mass is 285 g/mol. The molecule has 0 atom stereocenters. The van der Waals surface area contributed by atoms with Crippen LogP contribution in [-0.4, -0.2) is 24.9 Å². The fourth-order valence-electron chi connectivity index (χ4n) is 1.22. The second-order valence-electron chi connectivity index (χ2n) is 3.51. The third kappa shape index (κ3) is 3.03. The molecule has 2 N–H and O–H groups in total. The molecule has 0 radical (unpaired) electrons. The summed E-state index contributed by atoms with van der Waals surface area (Å²) in [6, 6.07) is 6.10. The summed E-state index contributed by atoms with van der Waals surface area (Å²) < 4.78 is 28.0. The van der Waals surface area contributed by atoms with E-state index < -0.39 is 9.84 Å². The lowest BCUT2D eigenvalue weighted by Gasteiger charge is -2.02. The van der Waals surface area contributed by atoms with Gasteiger partial charge in [-0.3, -0.25) is 0 Å². The molecule has 1 heterocycles. The van der Waals surface area contributed by atoms with Crippen molar-refractivity contribution < 1.29 is 13.2 Å². The van der Waals surface area contributed by atoms with Gasteiger partial charge in [0.25, 0.3) is 5.19 Å². The maximum absolute atomic E-state index is 11.3. The van der Waals surface area contributed by atoms with Crippen molar-refractivity contribution >= 4 is 21.2 Å². The van der Waals surface area contributed by atoms with Gasteiger partial charge in [-0.25, -0.2) is 8.42 Å². The Balaban J connectivity index is 2.15. The van der Waals surface area contributed by atoms with E-state index in [2.05, 4.69) is 10.2 Å². The summed E-state index contributed by atoms with van der Waals surface area (Å²) in [6.07, 6.45) is 1.15. The van der Waals surface area contributed by atoms with Crippen LogP contribution in [0, 0.1) is 0 Å². The topological polar surface area (TPSA) is 95.2 Å². The first-order valence-corrected chi connectivity index (χ1v) is 7.70. The van der Waals surface area contributed by atoms with Gasteiger partial charge in [0.05, 0.1) is 4.90 Å². The van der Waals surface area contributed by atoms with Crippen LogP contribution in [0.15, 0.2) is 29.2 Å². The highest BCUT2D eigenvalue weighted by Gasteiger charge is 2.08. The molecule has 8 heteroatoms. The number of aromatic nitrogens is 2. The highest BCUT2D eigenvalue weighted by Crippen LogP contribution is 2.25. The molecule has 2 rings (SSSR count). The van der Waals surface area contributed by atoms with E-state index in [0.29, 0.717) is 22.5 Å². The number of hydrogen-bond acceptors (Lipinski definition) is 7. The first-order chi connectivity index (χ1) is 8.49. The molecule has 18 heavy (non-hydrogen) atoms. The number of hydrogen-bond donors (Lipinski definition) is 1. The summed E-state index contributed by atoms with van der Waals surface area (Å²) >= 11 is 1.25. The summed E-state index contributed by atoms with van der Waals surface area (Å²) in [7, 11) is -3.19. The van der Waals surface area contributed by atoms with Crippen molar-refractivity contribution in [3.63, 3.8) is 0 Å². The molecule has 0 saturated carbocycles. The highest BCUT2D eigenvalue weighted by atomic mass is 32.2. The lowest BCUT2D eigenvalue weighted by molar-refractivity contribution is 0.472. The van der Waals surface area contributed by atoms with Crippen LogP contribution in [0.2, 0.25) is 0 Å². The minimum absolute atomic E-state index is 0.245. The Kier molecular flexibility index (Phi) is 3.60. The minimum atomic E-state index is -3.19. The maximum Gasteiger partial charge on any atom is 0.299 e. The quantitative estimate of drug-likeness (QED) is 0.906. The van der Waals surface area contributed by atoms with Crippen LogP contribution in [0.1, 0.15) is 5.01 Å². The SMILES string of the molecule is CS(=O)(=O)c1ccc(Oc2nnc(CN)s2)cc1. The van der Waals surface area contributed by atoms with Crippen LogP contribution in [0.5, 0.6) is 10.9 Å². The largest absolute Gasteiger partial charge is 0.430 e. The van der Waals surface area contributed by atoms with Crippen molar-refractivity contribution in [3.8, 4) is 10.9 Å². The number of benzene rings is 1. The third-order valence-corrected chi connectivity index (χ3v) is 4.03. The van der Waals surface area contributed by atoms with E-state index in [0.717, 1.165) is 6.26 Å². The number of nitrogens with zero attached hydrogens (tertiary/aromatic N) is 2. The molecule has 0 aliphatic rings. The molecular formula is C10H11N3O3S2. The predicted molar refractivity (Wildman–Crippen MR) is 67.4 cm³/mol. The first kappa shape index (κ1) is 12.9. The summed E-state index contributed by atoms with van der Waals surface area (Å²) in [5, 5.41) is 8.67. The fourth-order valence-corrected chi connectivity index (χ4v) is 2.43. The normalized spacial score (nSPS) is 11.4. The van der Waals surface area contributed by atoms with Crippen LogP contribution in [0.4, 0.5) is 0 Å². The molecule has 2 aromatic rings. The van der Waals surface area contributed by atoms with Gasteiger partial charge in [0.2, 0.25) is 0 Å². The second kappa shape index (κ2) is 5.01. The van der Waals surface area contributed by atoms with Gasteiger partial charge in [0.15, 0.2) is 9.84 Å².